The number of nitrogens with zero attached hydrogens (tertiary/aromatic N) is 2. The lowest BCUT2D eigenvalue weighted by Gasteiger charge is -2.26. The van der Waals surface area contributed by atoms with Crippen molar-refractivity contribution in [1.29, 1.82) is 0 Å². The Labute approximate surface area is 338 Å². The molecule has 3 nitrogen and oxygen atoms in total. The summed E-state index contributed by atoms with van der Waals surface area (Å²) in [6, 6.07) is 74.4. The van der Waals surface area contributed by atoms with Gasteiger partial charge in [0.2, 0.25) is 0 Å². The van der Waals surface area contributed by atoms with Gasteiger partial charge in [-0.15, -0.1) is 11.3 Å². The summed E-state index contributed by atoms with van der Waals surface area (Å²) in [4.78, 5) is 2.40. The molecule has 0 N–H and O–H groups in total. The van der Waals surface area contributed by atoms with Crippen LogP contribution in [0.5, 0.6) is 0 Å². The lowest BCUT2D eigenvalue weighted by atomic mass is 10.00. The lowest BCUT2D eigenvalue weighted by molar-refractivity contribution is 0.670. The van der Waals surface area contributed by atoms with Gasteiger partial charge in [0.15, 0.2) is 0 Å². The summed E-state index contributed by atoms with van der Waals surface area (Å²) in [5.74, 6) is 0. The highest BCUT2D eigenvalue weighted by Crippen LogP contribution is 2.44. The third-order valence-electron chi connectivity index (χ3n) is 11.6. The summed E-state index contributed by atoms with van der Waals surface area (Å²) in [5, 5.41) is 7.32. The predicted octanol–water partition coefficient (Wildman–Crippen LogP) is 15.9. The average Bonchev–Trinajstić information content (AvgIpc) is 3.96. The van der Waals surface area contributed by atoms with E-state index in [9.17, 15) is 0 Å². The maximum absolute atomic E-state index is 6.51. The lowest BCUT2D eigenvalue weighted by Crippen LogP contribution is -2.10. The minimum Gasteiger partial charge on any atom is -0.455 e. The molecule has 0 atom stereocenters. The Balaban J connectivity index is 1.01. The standard InChI is InChI=1S/C54H34N2OS/c1-3-12-36(13-4-1)42-18-11-19-47-48-32-37(24-31-51(48)57-54(42)47)35-22-25-39(26-23-35)55(41-28-30-46-45-17-8-10-21-52(45)58-53(46)34-41)40-27-29-44-43-16-7-9-20-49(43)56(50(44)33-40)38-14-5-2-6-15-38/h1-34H. The van der Waals surface area contributed by atoms with Crippen LogP contribution in [-0.4, -0.2) is 4.57 Å². The summed E-state index contributed by atoms with van der Waals surface area (Å²) in [6.07, 6.45) is 0. The number of hydrogen-bond acceptors (Lipinski definition) is 3. The smallest absolute Gasteiger partial charge is 0.143 e. The second-order valence-corrected chi connectivity index (χ2v) is 16.0. The van der Waals surface area contributed by atoms with Gasteiger partial charge in [0, 0.05) is 70.0 Å². The maximum Gasteiger partial charge on any atom is 0.143 e. The molecule has 0 fully saturated rings. The van der Waals surface area contributed by atoms with Crippen molar-refractivity contribution in [2.45, 2.75) is 0 Å². The topological polar surface area (TPSA) is 21.3 Å². The van der Waals surface area contributed by atoms with Gasteiger partial charge < -0.3 is 13.9 Å². The first-order valence-corrected chi connectivity index (χ1v) is 20.5. The van der Waals surface area contributed by atoms with E-state index in [0.29, 0.717) is 0 Å². The first-order chi connectivity index (χ1) is 28.7. The second kappa shape index (κ2) is 13.1. The summed E-state index contributed by atoms with van der Waals surface area (Å²) in [7, 11) is 0. The SMILES string of the molecule is c1ccc(-c2cccc3c2oc2ccc(-c4ccc(N(c5ccc6c(c5)sc5ccccc56)c5ccc6c7ccccc7n(-c7ccccc7)c6c5)cc4)cc23)cc1. The number of furan rings is 1. The van der Waals surface area contributed by atoms with Gasteiger partial charge in [-0.05, 0) is 89.5 Å². The molecular weight excluding hydrogens is 725 g/mol. The molecule has 0 aliphatic carbocycles. The fourth-order valence-electron chi connectivity index (χ4n) is 8.88. The van der Waals surface area contributed by atoms with E-state index in [0.717, 1.165) is 66.9 Å². The molecule has 0 saturated heterocycles. The largest absolute Gasteiger partial charge is 0.455 e. The third kappa shape index (κ3) is 5.19. The summed E-state index contributed by atoms with van der Waals surface area (Å²) < 4.78 is 11.5. The van der Waals surface area contributed by atoms with Gasteiger partial charge in [0.05, 0.1) is 11.0 Å². The van der Waals surface area contributed by atoms with Gasteiger partial charge in [-0.3, -0.25) is 0 Å². The highest BCUT2D eigenvalue weighted by Gasteiger charge is 2.19. The van der Waals surface area contributed by atoms with Crippen molar-refractivity contribution in [3.63, 3.8) is 0 Å². The number of benzene rings is 9. The van der Waals surface area contributed by atoms with Gasteiger partial charge in [-0.1, -0.05) is 133 Å². The molecule has 0 saturated carbocycles. The molecule has 58 heavy (non-hydrogen) atoms. The van der Waals surface area contributed by atoms with Crippen LogP contribution >= 0.6 is 11.3 Å². The van der Waals surface area contributed by atoms with Gasteiger partial charge in [-0.25, -0.2) is 0 Å². The van der Waals surface area contributed by atoms with E-state index in [2.05, 4.69) is 210 Å². The highest BCUT2D eigenvalue weighted by molar-refractivity contribution is 7.25. The fraction of sp³-hybridized carbons (Fsp3) is 0. The van der Waals surface area contributed by atoms with Crippen LogP contribution in [0.3, 0.4) is 0 Å². The highest BCUT2D eigenvalue weighted by atomic mass is 32.1. The Morgan fingerprint density at radius 1 is 0.379 bits per heavy atom. The molecule has 272 valence electrons. The summed E-state index contributed by atoms with van der Waals surface area (Å²) in [5.41, 5.74) is 13.2. The van der Waals surface area contributed by atoms with Crippen LogP contribution in [0.2, 0.25) is 0 Å². The van der Waals surface area contributed by atoms with Crippen LogP contribution in [0.1, 0.15) is 0 Å². The fourth-order valence-corrected chi connectivity index (χ4v) is 10.0. The van der Waals surface area contributed by atoms with Crippen molar-refractivity contribution in [3.8, 4) is 27.9 Å². The van der Waals surface area contributed by atoms with Crippen molar-refractivity contribution < 1.29 is 4.42 Å². The zero-order chi connectivity index (χ0) is 38.2. The van der Waals surface area contributed by atoms with E-state index in [1.165, 1.54) is 42.0 Å². The van der Waals surface area contributed by atoms with Crippen LogP contribution in [0, 0.1) is 0 Å². The minimum atomic E-state index is 0.893. The van der Waals surface area contributed by atoms with Gasteiger partial charge in [0.1, 0.15) is 11.2 Å². The van der Waals surface area contributed by atoms with Crippen LogP contribution in [0.15, 0.2) is 211 Å². The van der Waals surface area contributed by atoms with E-state index >= 15 is 0 Å². The Bertz CT molecular complexity index is 3500. The zero-order valence-electron chi connectivity index (χ0n) is 31.3. The molecule has 12 aromatic rings. The molecule has 12 rings (SSSR count). The quantitative estimate of drug-likeness (QED) is 0.168. The first kappa shape index (κ1) is 32.8. The number of para-hydroxylation sites is 3. The first-order valence-electron chi connectivity index (χ1n) is 19.7. The van der Waals surface area contributed by atoms with Crippen LogP contribution < -0.4 is 4.90 Å². The number of rotatable bonds is 6. The van der Waals surface area contributed by atoms with E-state index in [1.54, 1.807) is 0 Å². The predicted molar refractivity (Wildman–Crippen MR) is 247 cm³/mol. The Morgan fingerprint density at radius 2 is 1.02 bits per heavy atom. The van der Waals surface area contributed by atoms with E-state index in [-0.39, 0.29) is 0 Å². The maximum atomic E-state index is 6.51. The molecular formula is C54H34N2OS. The van der Waals surface area contributed by atoms with Crippen LogP contribution in [-0.2, 0) is 0 Å². The molecule has 3 heterocycles. The number of aromatic nitrogens is 1. The number of thiophene rings is 1. The molecule has 0 amide bonds. The number of fused-ring (bicyclic) bond motifs is 9. The van der Waals surface area contributed by atoms with E-state index in [4.69, 9.17) is 4.42 Å². The molecule has 4 heteroatoms. The van der Waals surface area contributed by atoms with Gasteiger partial charge >= 0.3 is 0 Å². The van der Waals surface area contributed by atoms with Crippen molar-refractivity contribution in [2.75, 3.05) is 4.90 Å². The molecule has 0 bridgehead atoms. The van der Waals surface area contributed by atoms with Crippen molar-refractivity contribution in [1.82, 2.24) is 4.57 Å². The Kier molecular flexibility index (Phi) is 7.40. The number of anilines is 3. The Morgan fingerprint density at radius 3 is 1.86 bits per heavy atom. The molecule has 0 radical (unpaired) electrons. The van der Waals surface area contributed by atoms with Crippen molar-refractivity contribution in [2.24, 2.45) is 0 Å². The third-order valence-corrected chi connectivity index (χ3v) is 12.7. The van der Waals surface area contributed by atoms with Crippen molar-refractivity contribution in [3.05, 3.63) is 206 Å². The molecule has 0 aliphatic rings. The summed E-state index contributed by atoms with van der Waals surface area (Å²) >= 11 is 1.85. The van der Waals surface area contributed by atoms with Crippen LogP contribution in [0.25, 0.3) is 91.9 Å². The van der Waals surface area contributed by atoms with E-state index < -0.39 is 0 Å². The molecule has 9 aromatic carbocycles. The van der Waals surface area contributed by atoms with Gasteiger partial charge in [0.25, 0.3) is 0 Å². The Hall–Kier alpha value is -7.40. The van der Waals surface area contributed by atoms with Gasteiger partial charge in [-0.2, -0.15) is 0 Å². The van der Waals surface area contributed by atoms with E-state index in [1.807, 2.05) is 17.4 Å². The summed E-state index contributed by atoms with van der Waals surface area (Å²) in [6.45, 7) is 0. The molecule has 3 aromatic heterocycles. The molecule has 0 aliphatic heterocycles. The number of hydrogen-bond donors (Lipinski definition) is 0. The minimum absolute atomic E-state index is 0.893. The molecule has 0 spiro atoms. The zero-order valence-corrected chi connectivity index (χ0v) is 32.2. The monoisotopic (exact) mass is 758 g/mol. The van der Waals surface area contributed by atoms with Crippen molar-refractivity contribution >= 4 is 92.3 Å². The normalized spacial score (nSPS) is 11.8. The average molecular weight is 759 g/mol. The second-order valence-electron chi connectivity index (χ2n) is 14.9. The molecule has 0 unspecified atom stereocenters. The van der Waals surface area contributed by atoms with Crippen LogP contribution in [0.4, 0.5) is 17.1 Å².